The van der Waals surface area contributed by atoms with Crippen molar-refractivity contribution in [2.75, 3.05) is 5.32 Å². The number of nitrogens with zero attached hydrogens (tertiary/aromatic N) is 2. The fourth-order valence-corrected chi connectivity index (χ4v) is 2.59. The second kappa shape index (κ2) is 5.75. The molecule has 0 saturated carbocycles. The molecule has 3 rings (SSSR count). The number of rotatable bonds is 3. The molecule has 1 amide bonds. The minimum Gasteiger partial charge on any atom is -0.506 e. The number of aromatic hydroxyl groups is 1. The third kappa shape index (κ3) is 2.93. The summed E-state index contributed by atoms with van der Waals surface area (Å²) < 4.78 is 28.5. The van der Waals surface area contributed by atoms with Gasteiger partial charge in [0.25, 0.3) is 0 Å². The van der Waals surface area contributed by atoms with E-state index in [0.717, 1.165) is 37.7 Å². The molecule has 2 heterocycles. The number of benzene rings is 1. The number of phenols is 1. The lowest BCUT2D eigenvalue weighted by Crippen LogP contribution is -2.16. The van der Waals surface area contributed by atoms with Crippen LogP contribution in [0.2, 0.25) is 0 Å². The van der Waals surface area contributed by atoms with E-state index in [1.54, 1.807) is 0 Å². The van der Waals surface area contributed by atoms with Gasteiger partial charge in [-0.2, -0.15) is 0 Å². The maximum absolute atomic E-state index is 13.6. The van der Waals surface area contributed by atoms with Crippen molar-refractivity contribution in [2.45, 2.75) is 32.2 Å². The zero-order valence-electron chi connectivity index (χ0n) is 11.8. The van der Waals surface area contributed by atoms with Gasteiger partial charge in [-0.1, -0.05) is 0 Å². The number of fused-ring (bicyclic) bond motifs is 1. The number of carbonyl (C=O) groups is 1. The summed E-state index contributed by atoms with van der Waals surface area (Å²) in [5.41, 5.74) is 0.173. The van der Waals surface area contributed by atoms with E-state index in [1.807, 2.05) is 10.8 Å². The molecule has 5 nitrogen and oxygen atoms in total. The summed E-state index contributed by atoms with van der Waals surface area (Å²) in [4.78, 5) is 16.3. The fourth-order valence-electron chi connectivity index (χ4n) is 2.59. The molecule has 1 aliphatic heterocycles. The van der Waals surface area contributed by atoms with Gasteiger partial charge in [0, 0.05) is 31.3 Å². The van der Waals surface area contributed by atoms with Crippen LogP contribution in [-0.4, -0.2) is 20.6 Å². The van der Waals surface area contributed by atoms with Gasteiger partial charge < -0.3 is 15.0 Å². The van der Waals surface area contributed by atoms with Crippen LogP contribution in [-0.2, 0) is 24.2 Å². The molecule has 116 valence electrons. The molecule has 0 saturated heterocycles. The lowest BCUT2D eigenvalue weighted by molar-refractivity contribution is -0.115. The Morgan fingerprint density at radius 3 is 2.91 bits per heavy atom. The van der Waals surface area contributed by atoms with Gasteiger partial charge in [0.05, 0.1) is 12.1 Å². The van der Waals surface area contributed by atoms with Crippen molar-refractivity contribution in [2.24, 2.45) is 0 Å². The Labute approximate surface area is 125 Å². The Morgan fingerprint density at radius 1 is 1.36 bits per heavy atom. The lowest BCUT2D eigenvalue weighted by atomic mass is 10.2. The number of halogens is 2. The molecule has 0 unspecified atom stereocenters. The summed E-state index contributed by atoms with van der Waals surface area (Å²) in [7, 11) is 0. The molecule has 2 aromatic rings. The molecule has 0 aliphatic carbocycles. The smallest absolute Gasteiger partial charge is 0.230 e. The minimum absolute atomic E-state index is 0.0315. The van der Waals surface area contributed by atoms with Gasteiger partial charge in [-0.3, -0.25) is 4.79 Å². The van der Waals surface area contributed by atoms with Gasteiger partial charge in [-0.25, -0.2) is 13.8 Å². The topological polar surface area (TPSA) is 67.2 Å². The van der Waals surface area contributed by atoms with Crippen LogP contribution >= 0.6 is 0 Å². The Balaban J connectivity index is 1.72. The molecular weight excluding hydrogens is 292 g/mol. The third-order valence-corrected chi connectivity index (χ3v) is 3.60. The van der Waals surface area contributed by atoms with E-state index in [4.69, 9.17) is 0 Å². The summed E-state index contributed by atoms with van der Waals surface area (Å²) >= 11 is 0. The zero-order valence-corrected chi connectivity index (χ0v) is 11.8. The Hall–Kier alpha value is -2.44. The number of anilines is 1. The fraction of sp³-hybridized carbons (Fsp3) is 0.333. The highest BCUT2D eigenvalue weighted by molar-refractivity contribution is 5.93. The second-order valence-corrected chi connectivity index (χ2v) is 5.31. The second-order valence-electron chi connectivity index (χ2n) is 5.31. The largest absolute Gasteiger partial charge is 0.506 e. The molecule has 0 radical (unpaired) electrons. The predicted molar refractivity (Wildman–Crippen MR) is 75.5 cm³/mol. The third-order valence-electron chi connectivity index (χ3n) is 3.60. The van der Waals surface area contributed by atoms with Gasteiger partial charge >= 0.3 is 0 Å². The predicted octanol–water partition coefficient (Wildman–Crippen LogP) is 2.38. The molecule has 2 N–H and O–H groups in total. The number of aromatic nitrogens is 2. The van der Waals surface area contributed by atoms with E-state index in [-0.39, 0.29) is 6.42 Å². The quantitative estimate of drug-likeness (QED) is 0.856. The van der Waals surface area contributed by atoms with E-state index in [0.29, 0.717) is 11.8 Å². The van der Waals surface area contributed by atoms with Crippen LogP contribution in [0.15, 0.2) is 18.3 Å². The Kier molecular flexibility index (Phi) is 3.79. The molecule has 1 aromatic carbocycles. The summed E-state index contributed by atoms with van der Waals surface area (Å²) in [5, 5.41) is 11.8. The molecule has 0 atom stereocenters. The number of hydrogen-bond acceptors (Lipinski definition) is 3. The monoisotopic (exact) mass is 307 g/mol. The van der Waals surface area contributed by atoms with Crippen LogP contribution in [0.4, 0.5) is 14.5 Å². The van der Waals surface area contributed by atoms with Crippen molar-refractivity contribution >= 4 is 11.6 Å². The van der Waals surface area contributed by atoms with E-state index < -0.39 is 29.0 Å². The molecule has 1 aromatic heterocycles. The van der Waals surface area contributed by atoms with E-state index in [1.165, 1.54) is 0 Å². The van der Waals surface area contributed by atoms with Crippen LogP contribution in [0.5, 0.6) is 5.75 Å². The summed E-state index contributed by atoms with van der Waals surface area (Å²) in [5.74, 6) is -2.14. The number of phenolic OH excluding ortho intramolecular Hbond substituents is 1. The highest BCUT2D eigenvalue weighted by Crippen LogP contribution is 2.27. The summed E-state index contributed by atoms with van der Waals surface area (Å²) in [6.07, 6.45) is 4.83. The summed E-state index contributed by atoms with van der Waals surface area (Å²) in [6, 6.07) is 1.35. The van der Waals surface area contributed by atoms with Crippen LogP contribution in [0.1, 0.15) is 24.4 Å². The maximum Gasteiger partial charge on any atom is 0.230 e. The number of nitrogens with one attached hydrogen (secondary N) is 1. The van der Waals surface area contributed by atoms with Gasteiger partial charge in [-0.05, 0) is 12.8 Å². The number of aryl methyl sites for hydroxylation is 2. The highest BCUT2D eigenvalue weighted by atomic mass is 19.1. The highest BCUT2D eigenvalue weighted by Gasteiger charge is 2.17. The van der Waals surface area contributed by atoms with Crippen molar-refractivity contribution in [1.29, 1.82) is 0 Å². The normalized spacial score (nSPS) is 13.7. The molecule has 1 aliphatic rings. The average molecular weight is 307 g/mol. The maximum atomic E-state index is 13.6. The molecular formula is C15H15F2N3O2. The number of imidazole rings is 1. The van der Waals surface area contributed by atoms with Crippen molar-refractivity contribution in [3.63, 3.8) is 0 Å². The first kappa shape index (κ1) is 14.5. The van der Waals surface area contributed by atoms with Crippen LogP contribution < -0.4 is 5.32 Å². The van der Waals surface area contributed by atoms with Gasteiger partial charge in [0.1, 0.15) is 23.1 Å². The molecule has 0 spiro atoms. The van der Waals surface area contributed by atoms with Gasteiger partial charge in [-0.15, -0.1) is 0 Å². The van der Waals surface area contributed by atoms with Gasteiger partial charge in [0.15, 0.2) is 5.82 Å². The molecule has 0 bridgehead atoms. The summed E-state index contributed by atoms with van der Waals surface area (Å²) in [6.45, 7) is 0.886. The number of hydrogen-bond donors (Lipinski definition) is 2. The molecule has 22 heavy (non-hydrogen) atoms. The SMILES string of the molecule is O=C(Cc1cn2c(n1)CCCC2)Nc1c(O)cc(F)cc1F. The minimum atomic E-state index is -1.02. The van der Waals surface area contributed by atoms with E-state index >= 15 is 0 Å². The number of amides is 1. The molecule has 0 fully saturated rings. The zero-order chi connectivity index (χ0) is 15.7. The van der Waals surface area contributed by atoms with Crippen molar-refractivity contribution < 1.29 is 18.7 Å². The number of carbonyl (C=O) groups excluding carboxylic acids is 1. The van der Waals surface area contributed by atoms with E-state index in [9.17, 15) is 18.7 Å². The first-order chi connectivity index (χ1) is 10.5. The molecule has 7 heteroatoms. The average Bonchev–Trinajstić information content (AvgIpc) is 2.84. The van der Waals surface area contributed by atoms with E-state index in [2.05, 4.69) is 10.3 Å². The Bertz CT molecular complexity index is 681. The first-order valence-electron chi connectivity index (χ1n) is 7.05. The van der Waals surface area contributed by atoms with Crippen LogP contribution in [0.25, 0.3) is 0 Å². The standard InChI is InChI=1S/C15H15F2N3O2/c16-9-5-11(17)15(12(21)6-9)19-14(22)7-10-8-20-4-2-1-3-13(20)18-10/h5-6,8,21H,1-4,7H2,(H,19,22). The Morgan fingerprint density at radius 2 is 2.18 bits per heavy atom. The van der Waals surface area contributed by atoms with Gasteiger partial charge in [0.2, 0.25) is 5.91 Å². The van der Waals surface area contributed by atoms with Crippen molar-refractivity contribution in [1.82, 2.24) is 9.55 Å². The van der Waals surface area contributed by atoms with Crippen molar-refractivity contribution in [3.05, 3.63) is 41.5 Å². The van der Waals surface area contributed by atoms with Crippen LogP contribution in [0, 0.1) is 11.6 Å². The lowest BCUT2D eigenvalue weighted by Gasteiger charge is -2.11. The first-order valence-corrected chi connectivity index (χ1v) is 7.05. The van der Waals surface area contributed by atoms with Crippen molar-refractivity contribution in [3.8, 4) is 5.75 Å². The van der Waals surface area contributed by atoms with Crippen LogP contribution in [0.3, 0.4) is 0 Å².